The maximum absolute atomic E-state index is 13.0. The molecule has 0 aromatic carbocycles. The number of carbonyl (C=O) groups is 6. The summed E-state index contributed by atoms with van der Waals surface area (Å²) in [6.45, 7) is 11.1. The summed E-state index contributed by atoms with van der Waals surface area (Å²) in [5, 5.41) is 4.92. The molecule has 2 saturated carbocycles. The van der Waals surface area contributed by atoms with E-state index < -0.39 is 44.4 Å². The third kappa shape index (κ3) is 5.54. The number of nitrogens with one attached hydrogen (secondary N) is 2. The van der Waals surface area contributed by atoms with Gasteiger partial charge in [0.05, 0.1) is 10.8 Å². The molecule has 10 nitrogen and oxygen atoms in total. The lowest BCUT2D eigenvalue weighted by molar-refractivity contribution is -0.175. The van der Waals surface area contributed by atoms with Gasteiger partial charge in [0.25, 0.3) is 0 Å². The molecule has 4 atom stereocenters. The minimum absolute atomic E-state index is 0.185. The molecule has 0 radical (unpaired) electrons. The average molecular weight is 597 g/mol. The van der Waals surface area contributed by atoms with Crippen LogP contribution in [0.1, 0.15) is 80.1 Å². The van der Waals surface area contributed by atoms with Crippen LogP contribution in [0.4, 0.5) is 0 Å². The number of hydrogen-bond acceptors (Lipinski definition) is 10. The topological polar surface area (TPSA) is 145 Å². The van der Waals surface area contributed by atoms with Crippen LogP contribution < -0.4 is 10.6 Å². The third-order valence-electron chi connectivity index (χ3n) is 9.20. The van der Waals surface area contributed by atoms with Gasteiger partial charge in [-0.3, -0.25) is 39.4 Å². The summed E-state index contributed by atoms with van der Waals surface area (Å²) in [6, 6.07) is 0. The predicted molar refractivity (Wildman–Crippen MR) is 149 cm³/mol. The average Bonchev–Trinajstić information content (AvgIpc) is 2.82. The number of rotatable bonds is 9. The van der Waals surface area contributed by atoms with Gasteiger partial charge in [-0.2, -0.15) is 0 Å². The van der Waals surface area contributed by atoms with Crippen molar-refractivity contribution in [1.29, 1.82) is 0 Å². The fraction of sp³-hybridized carbons (Fsp3) is 0.786. The molecule has 4 fully saturated rings. The van der Waals surface area contributed by atoms with Crippen LogP contribution in [0.25, 0.3) is 0 Å². The van der Waals surface area contributed by atoms with Crippen molar-refractivity contribution in [2.45, 2.75) is 80.1 Å². The molecular weight excluding hydrogens is 556 g/mol. The molecule has 0 aromatic rings. The Morgan fingerprint density at radius 3 is 1.12 bits per heavy atom. The number of hydrogen-bond donors (Lipinski definition) is 2. The first kappa shape index (κ1) is 30.9. The van der Waals surface area contributed by atoms with E-state index in [0.717, 1.165) is 0 Å². The Labute approximate surface area is 243 Å². The van der Waals surface area contributed by atoms with Crippen molar-refractivity contribution in [1.82, 2.24) is 10.6 Å². The van der Waals surface area contributed by atoms with Gasteiger partial charge < -0.3 is 9.47 Å². The van der Waals surface area contributed by atoms with Crippen molar-refractivity contribution in [3.8, 4) is 0 Å². The minimum Gasteiger partial charge on any atom is -0.464 e. The van der Waals surface area contributed by atoms with Crippen molar-refractivity contribution in [2.75, 3.05) is 24.7 Å². The van der Waals surface area contributed by atoms with Crippen molar-refractivity contribution in [2.24, 2.45) is 32.5 Å². The SMILES string of the molecule is CC12CC(C)(CC(C)(C(=O)OCCSSCCOC(=O)C3(C)CC4(C)CC(C)(C3)C(=O)NC4=O)C1)C(=O)NC2=O. The van der Waals surface area contributed by atoms with Crippen LogP contribution in [-0.4, -0.2) is 60.3 Å². The number of imide groups is 2. The highest BCUT2D eigenvalue weighted by Gasteiger charge is 2.62. The second kappa shape index (κ2) is 10.3. The van der Waals surface area contributed by atoms with Crippen LogP contribution in [0.3, 0.4) is 0 Å². The summed E-state index contributed by atoms with van der Waals surface area (Å²) in [5.74, 6) is -1.06. The van der Waals surface area contributed by atoms with E-state index in [2.05, 4.69) is 10.6 Å². The van der Waals surface area contributed by atoms with Crippen molar-refractivity contribution < 1.29 is 38.2 Å². The van der Waals surface area contributed by atoms with Crippen molar-refractivity contribution in [3.05, 3.63) is 0 Å². The minimum atomic E-state index is -0.922. The van der Waals surface area contributed by atoms with Gasteiger partial charge >= 0.3 is 11.9 Å². The Bertz CT molecular complexity index is 1020. The number of fused-ring (bicyclic) bond motifs is 4. The molecule has 2 N–H and O–H groups in total. The summed E-state index contributed by atoms with van der Waals surface area (Å²) >= 11 is 0. The first-order valence-electron chi connectivity index (χ1n) is 13.7. The van der Waals surface area contributed by atoms with Gasteiger partial charge in [-0.05, 0) is 52.4 Å². The van der Waals surface area contributed by atoms with E-state index in [-0.39, 0.29) is 36.8 Å². The fourth-order valence-corrected chi connectivity index (χ4v) is 9.74. The molecule has 4 bridgehead atoms. The molecule has 2 aliphatic heterocycles. The van der Waals surface area contributed by atoms with Gasteiger partial charge in [-0.15, -0.1) is 0 Å². The fourth-order valence-electron chi connectivity index (χ4n) is 8.09. The van der Waals surface area contributed by atoms with E-state index in [1.165, 1.54) is 21.6 Å². The normalized spacial score (nSPS) is 40.6. The molecular formula is C28H40N2O8S2. The lowest BCUT2D eigenvalue weighted by Gasteiger charge is -2.52. The smallest absolute Gasteiger partial charge is 0.311 e. The Morgan fingerprint density at radius 1 is 0.575 bits per heavy atom. The first-order chi connectivity index (χ1) is 18.4. The monoisotopic (exact) mass is 596 g/mol. The number of piperidine rings is 2. The molecule has 40 heavy (non-hydrogen) atoms. The zero-order valence-electron chi connectivity index (χ0n) is 24.2. The van der Waals surface area contributed by atoms with Crippen LogP contribution in [-0.2, 0) is 38.2 Å². The summed E-state index contributed by atoms with van der Waals surface area (Å²) in [5.41, 5.74) is -5.01. The van der Waals surface area contributed by atoms with E-state index in [0.29, 0.717) is 50.0 Å². The highest BCUT2D eigenvalue weighted by atomic mass is 33.1. The molecule has 222 valence electrons. The Kier molecular flexibility index (Phi) is 7.97. The molecule has 2 heterocycles. The van der Waals surface area contributed by atoms with Gasteiger partial charge in [0.1, 0.15) is 13.2 Å². The van der Waals surface area contributed by atoms with Crippen molar-refractivity contribution in [3.63, 3.8) is 0 Å². The Balaban J connectivity index is 1.18. The molecule has 4 rings (SSSR count). The molecule has 2 saturated heterocycles. The largest absolute Gasteiger partial charge is 0.464 e. The van der Waals surface area contributed by atoms with E-state index in [1.54, 1.807) is 41.5 Å². The van der Waals surface area contributed by atoms with Gasteiger partial charge in [-0.1, -0.05) is 49.3 Å². The Hall–Kier alpha value is -2.08. The van der Waals surface area contributed by atoms with Crippen LogP contribution in [0, 0.1) is 32.5 Å². The quantitative estimate of drug-likeness (QED) is 0.176. The Morgan fingerprint density at radius 2 is 0.850 bits per heavy atom. The lowest BCUT2D eigenvalue weighted by Crippen LogP contribution is -2.63. The second-order valence-electron chi connectivity index (χ2n) is 13.9. The summed E-state index contributed by atoms with van der Waals surface area (Å²) in [6.07, 6.45) is 2.17. The summed E-state index contributed by atoms with van der Waals surface area (Å²) in [4.78, 5) is 75.9. The zero-order chi connectivity index (χ0) is 29.8. The van der Waals surface area contributed by atoms with Gasteiger partial charge in [0.2, 0.25) is 23.6 Å². The number of amides is 4. The molecule has 0 aromatic heterocycles. The maximum Gasteiger partial charge on any atom is 0.311 e. The maximum atomic E-state index is 13.0. The van der Waals surface area contributed by atoms with E-state index in [4.69, 9.17) is 9.47 Å². The highest BCUT2D eigenvalue weighted by Crippen LogP contribution is 2.58. The molecule has 4 amide bonds. The highest BCUT2D eigenvalue weighted by molar-refractivity contribution is 8.76. The van der Waals surface area contributed by atoms with Gasteiger partial charge in [-0.25, -0.2) is 0 Å². The third-order valence-corrected chi connectivity index (χ3v) is 11.5. The van der Waals surface area contributed by atoms with Crippen LogP contribution >= 0.6 is 21.6 Å². The molecule has 4 aliphatic rings. The van der Waals surface area contributed by atoms with E-state index >= 15 is 0 Å². The van der Waals surface area contributed by atoms with Crippen LogP contribution in [0.5, 0.6) is 0 Å². The van der Waals surface area contributed by atoms with Crippen molar-refractivity contribution >= 4 is 57.2 Å². The van der Waals surface area contributed by atoms with Crippen LogP contribution in [0.2, 0.25) is 0 Å². The number of esters is 2. The molecule has 2 aliphatic carbocycles. The number of carbonyl (C=O) groups excluding carboxylic acids is 6. The summed E-state index contributed by atoms with van der Waals surface area (Å²) in [7, 11) is 2.98. The van der Waals surface area contributed by atoms with Gasteiger partial charge in [0, 0.05) is 33.2 Å². The standard InChI is InChI=1S/C28H40N2O8S2/c1-23-11-24(2,18(32)29-17(23)31)14-27(5,13-23)21(35)37-7-9-39-40-10-8-38-22(36)28(6)15-25(3)12-26(4,16-28)20(34)30-19(25)33/h7-16H2,1-6H3,(H,29,31,32)(H,30,33,34). The predicted octanol–water partition coefficient (Wildman–Crippen LogP) is 3.17. The zero-order valence-corrected chi connectivity index (χ0v) is 25.8. The van der Waals surface area contributed by atoms with E-state index in [9.17, 15) is 28.8 Å². The number of ether oxygens (including phenoxy) is 2. The lowest BCUT2D eigenvalue weighted by atomic mass is 9.52. The van der Waals surface area contributed by atoms with Crippen LogP contribution in [0.15, 0.2) is 0 Å². The van der Waals surface area contributed by atoms with Gasteiger partial charge in [0.15, 0.2) is 0 Å². The second-order valence-corrected chi connectivity index (χ2v) is 16.6. The van der Waals surface area contributed by atoms with E-state index in [1.807, 2.05) is 0 Å². The summed E-state index contributed by atoms with van der Waals surface area (Å²) < 4.78 is 11.1. The first-order valence-corrected chi connectivity index (χ1v) is 16.2. The molecule has 12 heteroatoms. The molecule has 0 spiro atoms. The molecule has 4 unspecified atom stereocenters.